The normalized spacial score (nSPS) is 11.1. The van der Waals surface area contributed by atoms with Crippen LogP contribution in [-0.2, 0) is 13.0 Å². The maximum Gasteiger partial charge on any atom is 0.245 e. The van der Waals surface area contributed by atoms with Crippen LogP contribution < -0.4 is 4.74 Å². The fourth-order valence-corrected chi connectivity index (χ4v) is 2.78. The maximum atomic E-state index is 5.86. The van der Waals surface area contributed by atoms with E-state index in [9.17, 15) is 0 Å². The molecule has 0 aliphatic heterocycles. The molecule has 0 fully saturated rings. The summed E-state index contributed by atoms with van der Waals surface area (Å²) in [6, 6.07) is 0. The van der Waals surface area contributed by atoms with Gasteiger partial charge in [0, 0.05) is 23.4 Å². The zero-order chi connectivity index (χ0) is 13.9. The van der Waals surface area contributed by atoms with Crippen molar-refractivity contribution in [1.29, 1.82) is 0 Å². The molecule has 3 rings (SSSR count). The molecule has 20 heavy (non-hydrogen) atoms. The molecule has 0 bridgehead atoms. The second kappa shape index (κ2) is 5.72. The number of alkyl halides is 1. The van der Waals surface area contributed by atoms with Gasteiger partial charge in [0.25, 0.3) is 0 Å². The molecule has 3 aromatic rings. The summed E-state index contributed by atoms with van der Waals surface area (Å²) in [6.45, 7) is 0.674. The summed E-state index contributed by atoms with van der Waals surface area (Å²) in [5.74, 6) is 1.86. The van der Waals surface area contributed by atoms with Crippen LogP contribution in [-0.4, -0.2) is 37.5 Å². The van der Waals surface area contributed by atoms with Gasteiger partial charge < -0.3 is 9.30 Å². The standard InChI is InChI=1S/C12H12ClN5OS/c1-19-12-10-11(15-6-16-12)18(9(17-10)2-3-13)5-8-4-14-7-20-8/h4,6-7H,2-3,5H2,1H3. The highest BCUT2D eigenvalue weighted by atomic mass is 35.5. The first-order valence-corrected chi connectivity index (χ1v) is 7.42. The van der Waals surface area contributed by atoms with E-state index in [4.69, 9.17) is 16.3 Å². The number of nitrogens with zero attached hydrogens (tertiary/aromatic N) is 5. The lowest BCUT2D eigenvalue weighted by molar-refractivity contribution is 0.401. The minimum atomic E-state index is 0.480. The molecule has 0 saturated carbocycles. The van der Waals surface area contributed by atoms with Crippen molar-refractivity contribution >= 4 is 34.1 Å². The van der Waals surface area contributed by atoms with E-state index in [2.05, 4.69) is 19.9 Å². The Labute approximate surface area is 124 Å². The van der Waals surface area contributed by atoms with Gasteiger partial charge in [-0.1, -0.05) is 0 Å². The molecule has 6 nitrogen and oxygen atoms in total. The van der Waals surface area contributed by atoms with E-state index in [1.165, 1.54) is 6.33 Å². The van der Waals surface area contributed by atoms with Crippen molar-refractivity contribution in [3.05, 3.63) is 28.7 Å². The molecule has 0 spiro atoms. The average molecular weight is 310 g/mol. The van der Waals surface area contributed by atoms with Crippen LogP contribution in [0, 0.1) is 0 Å². The van der Waals surface area contributed by atoms with Gasteiger partial charge in [0.15, 0.2) is 11.2 Å². The van der Waals surface area contributed by atoms with Gasteiger partial charge in [0.1, 0.15) is 12.2 Å². The molecule has 0 aliphatic carbocycles. The number of methoxy groups -OCH3 is 1. The Hall–Kier alpha value is -1.73. The van der Waals surface area contributed by atoms with Gasteiger partial charge in [0.05, 0.1) is 19.2 Å². The van der Waals surface area contributed by atoms with Crippen LogP contribution in [0.5, 0.6) is 5.88 Å². The van der Waals surface area contributed by atoms with Gasteiger partial charge >= 0.3 is 0 Å². The number of thiazole rings is 1. The van der Waals surface area contributed by atoms with Crippen LogP contribution in [0.15, 0.2) is 18.0 Å². The van der Waals surface area contributed by atoms with Gasteiger partial charge in [0.2, 0.25) is 5.88 Å². The van der Waals surface area contributed by atoms with Crippen molar-refractivity contribution in [2.45, 2.75) is 13.0 Å². The Kier molecular flexibility index (Phi) is 3.79. The number of ether oxygens (including phenoxy) is 1. The van der Waals surface area contributed by atoms with Crippen LogP contribution in [0.25, 0.3) is 11.2 Å². The first kappa shape index (κ1) is 13.3. The number of hydrogen-bond donors (Lipinski definition) is 0. The van der Waals surface area contributed by atoms with Crippen LogP contribution >= 0.6 is 22.9 Å². The van der Waals surface area contributed by atoms with Crippen LogP contribution in [0.2, 0.25) is 0 Å². The quantitative estimate of drug-likeness (QED) is 0.675. The number of rotatable bonds is 5. The van der Waals surface area contributed by atoms with Crippen LogP contribution in [0.1, 0.15) is 10.7 Å². The van der Waals surface area contributed by atoms with Crippen molar-refractivity contribution in [3.8, 4) is 5.88 Å². The van der Waals surface area contributed by atoms with E-state index in [1.807, 2.05) is 16.3 Å². The first-order valence-electron chi connectivity index (χ1n) is 6.01. The van der Waals surface area contributed by atoms with Crippen molar-refractivity contribution in [2.24, 2.45) is 0 Å². The molecule has 0 N–H and O–H groups in total. The van der Waals surface area contributed by atoms with E-state index in [0.717, 1.165) is 16.3 Å². The third-order valence-corrected chi connectivity index (χ3v) is 3.84. The molecule has 0 saturated heterocycles. The number of fused-ring (bicyclic) bond motifs is 1. The average Bonchev–Trinajstić information content (AvgIpc) is 3.08. The van der Waals surface area contributed by atoms with E-state index >= 15 is 0 Å². The highest BCUT2D eigenvalue weighted by molar-refractivity contribution is 7.09. The second-order valence-corrected chi connectivity index (χ2v) is 5.42. The number of aryl methyl sites for hydroxylation is 1. The molecule has 0 amide bonds. The topological polar surface area (TPSA) is 65.7 Å². The third kappa shape index (κ3) is 2.34. The summed E-state index contributed by atoms with van der Waals surface area (Å²) in [7, 11) is 1.57. The third-order valence-electron chi connectivity index (χ3n) is 2.89. The zero-order valence-corrected chi connectivity index (χ0v) is 12.4. The van der Waals surface area contributed by atoms with Crippen molar-refractivity contribution < 1.29 is 4.74 Å². The number of hydrogen-bond acceptors (Lipinski definition) is 6. The molecule has 0 atom stereocenters. The van der Waals surface area contributed by atoms with Gasteiger partial charge in [-0.2, -0.15) is 4.98 Å². The Balaban J connectivity index is 2.13. The second-order valence-electron chi connectivity index (χ2n) is 4.08. The molecule has 0 aliphatic rings. The van der Waals surface area contributed by atoms with Crippen LogP contribution in [0.3, 0.4) is 0 Å². The molecule has 104 valence electrons. The number of halogens is 1. The summed E-state index contributed by atoms with van der Waals surface area (Å²) in [5, 5.41) is 0. The summed E-state index contributed by atoms with van der Waals surface area (Å²) in [4.78, 5) is 18.2. The predicted octanol–water partition coefficient (Wildman–Crippen LogP) is 2.12. The molecule has 8 heteroatoms. The first-order chi connectivity index (χ1) is 9.83. The summed E-state index contributed by atoms with van der Waals surface area (Å²) in [6.07, 6.45) is 4.00. The van der Waals surface area contributed by atoms with Gasteiger partial charge in [-0.3, -0.25) is 4.98 Å². The van der Waals surface area contributed by atoms with E-state index in [1.54, 1.807) is 18.4 Å². The molecule has 0 aromatic carbocycles. The lowest BCUT2D eigenvalue weighted by Crippen LogP contribution is -2.05. The van der Waals surface area contributed by atoms with Gasteiger partial charge in [-0.15, -0.1) is 22.9 Å². The van der Waals surface area contributed by atoms with E-state index < -0.39 is 0 Å². The zero-order valence-electron chi connectivity index (χ0n) is 10.8. The lowest BCUT2D eigenvalue weighted by Gasteiger charge is -2.05. The largest absolute Gasteiger partial charge is 0.479 e. The molecule has 0 radical (unpaired) electrons. The minimum absolute atomic E-state index is 0.480. The molecule has 0 unspecified atom stereocenters. The fraction of sp³-hybridized carbons (Fsp3) is 0.333. The summed E-state index contributed by atoms with van der Waals surface area (Å²) < 4.78 is 7.28. The highest BCUT2D eigenvalue weighted by Crippen LogP contribution is 2.23. The van der Waals surface area contributed by atoms with Gasteiger partial charge in [-0.25, -0.2) is 9.97 Å². The molecular formula is C12H12ClN5OS. The fourth-order valence-electron chi connectivity index (χ4n) is 2.03. The monoisotopic (exact) mass is 309 g/mol. The highest BCUT2D eigenvalue weighted by Gasteiger charge is 2.16. The molecule has 3 heterocycles. The number of aromatic nitrogens is 5. The van der Waals surface area contributed by atoms with E-state index in [0.29, 0.717) is 30.2 Å². The predicted molar refractivity (Wildman–Crippen MR) is 77.5 cm³/mol. The SMILES string of the molecule is COc1ncnc2c1nc(CCCl)n2Cc1cncs1. The van der Waals surface area contributed by atoms with Crippen molar-refractivity contribution in [3.63, 3.8) is 0 Å². The molecule has 3 aromatic heterocycles. The Morgan fingerprint density at radius 1 is 1.40 bits per heavy atom. The van der Waals surface area contributed by atoms with E-state index in [-0.39, 0.29) is 0 Å². The lowest BCUT2D eigenvalue weighted by atomic mass is 10.4. The summed E-state index contributed by atoms with van der Waals surface area (Å²) in [5.41, 5.74) is 3.23. The Morgan fingerprint density at radius 3 is 3.00 bits per heavy atom. The maximum absolute atomic E-state index is 5.86. The smallest absolute Gasteiger partial charge is 0.245 e. The Bertz CT molecular complexity index is 712. The summed E-state index contributed by atoms with van der Waals surface area (Å²) >= 11 is 7.46. The van der Waals surface area contributed by atoms with Gasteiger partial charge in [-0.05, 0) is 0 Å². The Morgan fingerprint density at radius 2 is 2.30 bits per heavy atom. The molecular weight excluding hydrogens is 298 g/mol. The number of imidazole rings is 1. The minimum Gasteiger partial charge on any atom is -0.479 e. The van der Waals surface area contributed by atoms with Crippen molar-refractivity contribution in [2.75, 3.05) is 13.0 Å². The van der Waals surface area contributed by atoms with Crippen LogP contribution in [0.4, 0.5) is 0 Å². The van der Waals surface area contributed by atoms with Crippen molar-refractivity contribution in [1.82, 2.24) is 24.5 Å².